The van der Waals surface area contributed by atoms with Crippen LogP contribution in [0.1, 0.15) is 38.2 Å². The average molecular weight is 416 g/mol. The predicted octanol–water partition coefficient (Wildman–Crippen LogP) is 3.31. The van der Waals surface area contributed by atoms with E-state index in [9.17, 15) is 18.0 Å². The van der Waals surface area contributed by atoms with E-state index in [2.05, 4.69) is 28.9 Å². The monoisotopic (exact) mass is 416 g/mol. The fourth-order valence-electron chi connectivity index (χ4n) is 3.85. The molecule has 3 rings (SSSR count). The number of piperidine rings is 1. The lowest BCUT2D eigenvalue weighted by Crippen LogP contribution is -2.52. The van der Waals surface area contributed by atoms with Crippen molar-refractivity contribution in [3.05, 3.63) is 29.8 Å². The van der Waals surface area contributed by atoms with Crippen molar-refractivity contribution < 1.29 is 32.6 Å². The maximum atomic E-state index is 12.4. The van der Waals surface area contributed by atoms with Gasteiger partial charge in [0.2, 0.25) is 5.91 Å². The van der Waals surface area contributed by atoms with Crippen LogP contribution in [0.25, 0.3) is 0 Å². The number of rotatable bonds is 4. The van der Waals surface area contributed by atoms with E-state index in [-0.39, 0.29) is 5.54 Å². The SMILES string of the molecule is CCN1CCC2(CCC(=O)N2Cc2ccc(OC)cc2)CC1.O=C(O)C(F)(F)F. The Morgan fingerprint density at radius 3 is 2.17 bits per heavy atom. The van der Waals surface area contributed by atoms with Gasteiger partial charge in [-0.1, -0.05) is 19.1 Å². The van der Waals surface area contributed by atoms with E-state index in [0.717, 1.165) is 51.2 Å². The summed E-state index contributed by atoms with van der Waals surface area (Å²) in [6, 6.07) is 8.09. The van der Waals surface area contributed by atoms with Gasteiger partial charge in [0.1, 0.15) is 5.75 Å². The van der Waals surface area contributed by atoms with Gasteiger partial charge in [0, 0.05) is 31.6 Å². The molecule has 1 aromatic carbocycles. The Labute approximate surface area is 168 Å². The molecule has 6 nitrogen and oxygen atoms in total. The van der Waals surface area contributed by atoms with Crippen molar-refractivity contribution in [1.29, 1.82) is 0 Å². The van der Waals surface area contributed by atoms with E-state index in [1.807, 2.05) is 12.1 Å². The number of hydrogen-bond acceptors (Lipinski definition) is 4. The molecule has 2 saturated heterocycles. The number of methoxy groups -OCH3 is 1. The first kappa shape index (κ1) is 23.0. The Morgan fingerprint density at radius 1 is 1.17 bits per heavy atom. The van der Waals surface area contributed by atoms with Crippen LogP contribution in [-0.2, 0) is 16.1 Å². The Balaban J connectivity index is 0.000000370. The second kappa shape index (κ2) is 9.47. The molecule has 2 aliphatic rings. The zero-order chi connectivity index (χ0) is 21.7. The standard InChI is InChI=1S/C18H26N2O2.C2HF3O2/c1-3-19-12-10-18(11-13-19)9-8-17(21)20(18)14-15-4-6-16(22-2)7-5-15;3-2(4,5)1(6)7/h4-7H,3,8-14H2,1-2H3;(H,6,7). The molecule has 29 heavy (non-hydrogen) atoms. The summed E-state index contributed by atoms with van der Waals surface area (Å²) in [6.45, 7) is 6.29. The molecule has 9 heteroatoms. The van der Waals surface area contributed by atoms with Crippen molar-refractivity contribution in [2.75, 3.05) is 26.7 Å². The number of likely N-dealkylation sites (tertiary alicyclic amines) is 2. The van der Waals surface area contributed by atoms with E-state index >= 15 is 0 Å². The number of nitrogens with zero attached hydrogens (tertiary/aromatic N) is 2. The van der Waals surface area contributed by atoms with E-state index in [1.54, 1.807) is 7.11 Å². The van der Waals surface area contributed by atoms with E-state index in [4.69, 9.17) is 14.6 Å². The van der Waals surface area contributed by atoms with Crippen LogP contribution in [0.4, 0.5) is 13.2 Å². The lowest BCUT2D eigenvalue weighted by molar-refractivity contribution is -0.192. The zero-order valence-electron chi connectivity index (χ0n) is 16.7. The van der Waals surface area contributed by atoms with Gasteiger partial charge in [0.15, 0.2) is 0 Å². The number of carboxylic acid groups (broad SMARTS) is 1. The van der Waals surface area contributed by atoms with Gasteiger partial charge in [0.05, 0.1) is 7.11 Å². The highest BCUT2D eigenvalue weighted by atomic mass is 19.4. The van der Waals surface area contributed by atoms with Crippen LogP contribution in [0, 0.1) is 0 Å². The van der Waals surface area contributed by atoms with Crippen LogP contribution in [-0.4, -0.2) is 65.2 Å². The number of hydrogen-bond donors (Lipinski definition) is 1. The quantitative estimate of drug-likeness (QED) is 0.816. The molecule has 2 fully saturated rings. The molecule has 0 atom stereocenters. The van der Waals surface area contributed by atoms with Crippen molar-refractivity contribution in [1.82, 2.24) is 9.80 Å². The summed E-state index contributed by atoms with van der Waals surface area (Å²) in [4.78, 5) is 26.0. The number of carbonyl (C=O) groups excluding carboxylic acids is 1. The largest absolute Gasteiger partial charge is 0.497 e. The number of carbonyl (C=O) groups is 2. The molecule has 0 bridgehead atoms. The highest BCUT2D eigenvalue weighted by Crippen LogP contribution is 2.40. The molecule has 2 heterocycles. The topological polar surface area (TPSA) is 70.1 Å². The average Bonchev–Trinajstić information content (AvgIpc) is 2.98. The minimum atomic E-state index is -5.08. The summed E-state index contributed by atoms with van der Waals surface area (Å²) in [5.41, 5.74) is 1.29. The first-order chi connectivity index (χ1) is 13.6. The Hall–Kier alpha value is -2.29. The minimum Gasteiger partial charge on any atom is -0.497 e. The van der Waals surface area contributed by atoms with E-state index < -0.39 is 12.1 Å². The molecule has 0 radical (unpaired) electrons. The van der Waals surface area contributed by atoms with Crippen molar-refractivity contribution in [3.8, 4) is 5.75 Å². The number of amides is 1. The first-order valence-corrected chi connectivity index (χ1v) is 9.57. The Bertz CT molecular complexity index is 699. The van der Waals surface area contributed by atoms with Gasteiger partial charge in [-0.15, -0.1) is 0 Å². The molecule has 1 N–H and O–H groups in total. The van der Waals surface area contributed by atoms with Crippen LogP contribution in [0.5, 0.6) is 5.75 Å². The first-order valence-electron chi connectivity index (χ1n) is 9.57. The van der Waals surface area contributed by atoms with Crippen molar-refractivity contribution in [2.24, 2.45) is 0 Å². The van der Waals surface area contributed by atoms with Crippen LogP contribution < -0.4 is 4.74 Å². The Morgan fingerprint density at radius 2 is 1.72 bits per heavy atom. The number of alkyl halides is 3. The minimum absolute atomic E-state index is 0.0999. The normalized spacial score (nSPS) is 19.1. The summed E-state index contributed by atoms with van der Waals surface area (Å²) >= 11 is 0. The van der Waals surface area contributed by atoms with Crippen molar-refractivity contribution in [2.45, 2.75) is 50.9 Å². The number of ether oxygens (including phenoxy) is 1. The molecule has 1 amide bonds. The van der Waals surface area contributed by atoms with Crippen LogP contribution in [0.2, 0.25) is 0 Å². The van der Waals surface area contributed by atoms with Gasteiger partial charge in [0.25, 0.3) is 0 Å². The second-order valence-corrected chi connectivity index (χ2v) is 7.29. The molecule has 2 aliphatic heterocycles. The van der Waals surface area contributed by atoms with Crippen molar-refractivity contribution >= 4 is 11.9 Å². The summed E-state index contributed by atoms with van der Waals surface area (Å²) in [6.07, 6.45) is -1.12. The van der Waals surface area contributed by atoms with Crippen molar-refractivity contribution in [3.63, 3.8) is 0 Å². The highest BCUT2D eigenvalue weighted by molar-refractivity contribution is 5.79. The molecule has 0 aliphatic carbocycles. The molecule has 1 aromatic rings. The van der Waals surface area contributed by atoms with Gasteiger partial charge in [-0.3, -0.25) is 4.79 Å². The van der Waals surface area contributed by atoms with Gasteiger partial charge in [-0.2, -0.15) is 13.2 Å². The summed E-state index contributed by atoms with van der Waals surface area (Å²) < 4.78 is 36.9. The third kappa shape index (κ3) is 5.85. The fraction of sp³-hybridized carbons (Fsp3) is 0.600. The number of benzene rings is 1. The maximum Gasteiger partial charge on any atom is 0.490 e. The van der Waals surface area contributed by atoms with Crippen LogP contribution in [0.3, 0.4) is 0 Å². The summed E-state index contributed by atoms with van der Waals surface area (Å²) in [5, 5.41) is 7.12. The van der Waals surface area contributed by atoms with Crippen LogP contribution in [0.15, 0.2) is 24.3 Å². The third-order valence-corrected chi connectivity index (χ3v) is 5.65. The van der Waals surface area contributed by atoms with E-state index in [1.165, 1.54) is 5.56 Å². The van der Waals surface area contributed by atoms with E-state index in [0.29, 0.717) is 12.3 Å². The van der Waals surface area contributed by atoms with Gasteiger partial charge in [-0.25, -0.2) is 4.79 Å². The Kier molecular flexibility index (Phi) is 7.51. The van der Waals surface area contributed by atoms with Gasteiger partial charge >= 0.3 is 12.1 Å². The summed E-state index contributed by atoms with van der Waals surface area (Å²) in [7, 11) is 1.68. The fourth-order valence-corrected chi connectivity index (χ4v) is 3.85. The second-order valence-electron chi connectivity index (χ2n) is 7.29. The molecular formula is C20H27F3N2O4. The number of aliphatic carboxylic acids is 1. The lowest BCUT2D eigenvalue weighted by atomic mass is 9.84. The highest BCUT2D eigenvalue weighted by Gasteiger charge is 2.46. The van der Waals surface area contributed by atoms with Gasteiger partial charge in [-0.05, 0) is 43.5 Å². The molecule has 0 unspecified atom stereocenters. The smallest absolute Gasteiger partial charge is 0.490 e. The molecule has 0 saturated carbocycles. The molecule has 1 spiro atoms. The molecule has 162 valence electrons. The lowest BCUT2D eigenvalue weighted by Gasteiger charge is -2.45. The molecule has 0 aromatic heterocycles. The molecular weight excluding hydrogens is 389 g/mol. The number of halogens is 3. The number of carboxylic acids is 1. The zero-order valence-corrected chi connectivity index (χ0v) is 16.7. The van der Waals surface area contributed by atoms with Gasteiger partial charge < -0.3 is 19.6 Å². The summed E-state index contributed by atoms with van der Waals surface area (Å²) in [5.74, 6) is -1.57. The predicted molar refractivity (Wildman–Crippen MR) is 101 cm³/mol. The van der Waals surface area contributed by atoms with Crippen LogP contribution >= 0.6 is 0 Å². The third-order valence-electron chi connectivity index (χ3n) is 5.65. The maximum absolute atomic E-state index is 12.4.